The van der Waals surface area contributed by atoms with E-state index in [9.17, 15) is 29.4 Å². The Labute approximate surface area is 199 Å². The van der Waals surface area contributed by atoms with E-state index < -0.39 is 47.9 Å². The lowest BCUT2D eigenvalue weighted by Gasteiger charge is -2.28. The molecule has 11 heteroatoms. The fourth-order valence-corrected chi connectivity index (χ4v) is 3.15. The summed E-state index contributed by atoms with van der Waals surface area (Å²) in [4.78, 5) is 49.6. The summed E-state index contributed by atoms with van der Waals surface area (Å²) in [5, 5.41) is 26.6. The van der Waals surface area contributed by atoms with Gasteiger partial charge in [-0.25, -0.2) is 4.79 Å². The first-order chi connectivity index (χ1) is 15.4. The lowest BCUT2D eigenvalue weighted by molar-refractivity contribution is -0.142. The van der Waals surface area contributed by atoms with Gasteiger partial charge in [0.1, 0.15) is 23.9 Å². The molecular weight excluding hydrogens is 448 g/mol. The molecule has 0 aliphatic carbocycles. The van der Waals surface area contributed by atoms with Crippen LogP contribution in [0.5, 0.6) is 5.75 Å². The summed E-state index contributed by atoms with van der Waals surface area (Å²) in [6.45, 7) is 6.89. The Morgan fingerprint density at radius 1 is 0.879 bits per heavy atom. The SMILES string of the molecule is CC(C)C(NC(=O)C(N)CS)C(=O)NC(C(=O)NC(Cc1ccc(O)cc1)C(=O)O)C(C)C. The third-order valence-corrected chi connectivity index (χ3v) is 5.41. The van der Waals surface area contributed by atoms with Crippen LogP contribution in [0.1, 0.15) is 33.3 Å². The van der Waals surface area contributed by atoms with E-state index in [0.29, 0.717) is 5.56 Å². The van der Waals surface area contributed by atoms with Crippen molar-refractivity contribution in [3.63, 3.8) is 0 Å². The third-order valence-electron chi connectivity index (χ3n) is 5.02. The van der Waals surface area contributed by atoms with E-state index in [1.54, 1.807) is 39.8 Å². The number of carbonyl (C=O) groups excluding carboxylic acids is 3. The number of carbonyl (C=O) groups is 4. The number of rotatable bonds is 12. The van der Waals surface area contributed by atoms with Crippen LogP contribution in [0.25, 0.3) is 0 Å². The molecule has 0 bridgehead atoms. The molecule has 0 fully saturated rings. The monoisotopic (exact) mass is 482 g/mol. The van der Waals surface area contributed by atoms with Crippen LogP contribution < -0.4 is 21.7 Å². The van der Waals surface area contributed by atoms with Gasteiger partial charge in [0.15, 0.2) is 0 Å². The average molecular weight is 483 g/mol. The Hall–Kier alpha value is -2.79. The van der Waals surface area contributed by atoms with Crippen molar-refractivity contribution >= 4 is 36.3 Å². The number of aliphatic carboxylic acids is 1. The average Bonchev–Trinajstić information content (AvgIpc) is 2.74. The molecule has 0 saturated heterocycles. The maximum absolute atomic E-state index is 12.9. The van der Waals surface area contributed by atoms with Gasteiger partial charge in [-0.05, 0) is 29.5 Å². The second-order valence-electron chi connectivity index (χ2n) is 8.52. The van der Waals surface area contributed by atoms with E-state index >= 15 is 0 Å². The van der Waals surface area contributed by atoms with Crippen LogP contribution >= 0.6 is 12.6 Å². The highest BCUT2D eigenvalue weighted by Gasteiger charge is 2.33. The topological polar surface area (TPSA) is 171 Å². The van der Waals surface area contributed by atoms with E-state index in [-0.39, 0.29) is 29.8 Å². The first-order valence-corrected chi connectivity index (χ1v) is 11.3. The van der Waals surface area contributed by atoms with Gasteiger partial charge in [-0.2, -0.15) is 12.6 Å². The van der Waals surface area contributed by atoms with Gasteiger partial charge in [-0.15, -0.1) is 0 Å². The van der Waals surface area contributed by atoms with Crippen LogP contribution in [0.3, 0.4) is 0 Å². The second kappa shape index (κ2) is 13.0. The quantitative estimate of drug-likeness (QED) is 0.206. The number of benzene rings is 1. The number of nitrogens with one attached hydrogen (secondary N) is 3. The van der Waals surface area contributed by atoms with Crippen LogP contribution in [-0.4, -0.2) is 63.8 Å². The minimum atomic E-state index is -1.24. The maximum Gasteiger partial charge on any atom is 0.326 e. The highest BCUT2D eigenvalue weighted by Crippen LogP contribution is 2.12. The summed E-state index contributed by atoms with van der Waals surface area (Å²) < 4.78 is 0. The van der Waals surface area contributed by atoms with Gasteiger partial charge >= 0.3 is 5.97 Å². The van der Waals surface area contributed by atoms with E-state index in [2.05, 4.69) is 28.6 Å². The highest BCUT2D eigenvalue weighted by molar-refractivity contribution is 7.80. The summed E-state index contributed by atoms with van der Waals surface area (Å²) in [6, 6.07) is 1.87. The number of nitrogens with two attached hydrogens (primary N) is 1. The zero-order valence-electron chi connectivity index (χ0n) is 19.2. The van der Waals surface area contributed by atoms with E-state index in [4.69, 9.17) is 5.73 Å². The number of carboxylic acid groups (broad SMARTS) is 1. The van der Waals surface area contributed by atoms with Gasteiger partial charge < -0.3 is 31.9 Å². The normalized spacial score (nSPS) is 14.8. The molecule has 4 atom stereocenters. The Kier molecular flexibility index (Phi) is 11.2. The Bertz CT molecular complexity index is 831. The van der Waals surface area contributed by atoms with Crippen molar-refractivity contribution in [1.82, 2.24) is 16.0 Å². The molecule has 0 saturated carbocycles. The first-order valence-electron chi connectivity index (χ1n) is 10.7. The lowest BCUT2D eigenvalue weighted by atomic mass is 9.98. The minimum absolute atomic E-state index is 0.00753. The van der Waals surface area contributed by atoms with Crippen molar-refractivity contribution in [3.8, 4) is 5.75 Å². The zero-order valence-corrected chi connectivity index (χ0v) is 20.1. The van der Waals surface area contributed by atoms with Gasteiger partial charge in [0.05, 0.1) is 6.04 Å². The molecule has 0 spiro atoms. The van der Waals surface area contributed by atoms with Gasteiger partial charge in [-0.3, -0.25) is 14.4 Å². The molecule has 0 aliphatic rings. The first kappa shape index (κ1) is 28.2. The minimum Gasteiger partial charge on any atom is -0.508 e. The van der Waals surface area contributed by atoms with Crippen molar-refractivity contribution in [3.05, 3.63) is 29.8 Å². The van der Waals surface area contributed by atoms with Gasteiger partial charge in [0.2, 0.25) is 17.7 Å². The van der Waals surface area contributed by atoms with Gasteiger partial charge in [0.25, 0.3) is 0 Å². The largest absolute Gasteiger partial charge is 0.508 e. The van der Waals surface area contributed by atoms with Crippen molar-refractivity contribution in [2.45, 2.75) is 58.3 Å². The summed E-state index contributed by atoms with van der Waals surface area (Å²) in [5.74, 6) is -3.53. The molecule has 1 aromatic carbocycles. The molecule has 33 heavy (non-hydrogen) atoms. The molecule has 0 aromatic heterocycles. The maximum atomic E-state index is 12.9. The van der Waals surface area contributed by atoms with Crippen LogP contribution in [0.15, 0.2) is 24.3 Å². The van der Waals surface area contributed by atoms with Crippen LogP contribution in [0.4, 0.5) is 0 Å². The molecule has 1 rings (SSSR count). The lowest BCUT2D eigenvalue weighted by Crippen LogP contribution is -2.59. The summed E-state index contributed by atoms with van der Waals surface area (Å²) >= 11 is 3.98. The van der Waals surface area contributed by atoms with E-state index in [1.807, 2.05) is 0 Å². The smallest absolute Gasteiger partial charge is 0.326 e. The van der Waals surface area contributed by atoms with Crippen LogP contribution in [0.2, 0.25) is 0 Å². The number of thiol groups is 1. The molecule has 184 valence electrons. The second-order valence-corrected chi connectivity index (χ2v) is 8.88. The Morgan fingerprint density at radius 3 is 1.76 bits per heavy atom. The fraction of sp³-hybridized carbons (Fsp3) is 0.545. The molecule has 0 radical (unpaired) electrons. The van der Waals surface area contributed by atoms with Crippen molar-refractivity contribution < 1.29 is 29.4 Å². The molecule has 0 heterocycles. The number of phenolic OH excluding ortho intramolecular Hbond substituents is 1. The van der Waals surface area contributed by atoms with Crippen LogP contribution in [-0.2, 0) is 25.6 Å². The summed E-state index contributed by atoms with van der Waals surface area (Å²) in [5.41, 5.74) is 6.27. The number of hydrogen-bond acceptors (Lipinski definition) is 7. The number of amides is 3. The predicted molar refractivity (Wildman–Crippen MR) is 127 cm³/mol. The number of carboxylic acids is 1. The number of phenols is 1. The van der Waals surface area contributed by atoms with Crippen molar-refractivity contribution in [1.29, 1.82) is 0 Å². The molecule has 10 nitrogen and oxygen atoms in total. The van der Waals surface area contributed by atoms with E-state index in [0.717, 1.165) is 0 Å². The standard InChI is InChI=1S/C22H34N4O6S/c1-11(2)17(26-21(30)18(12(3)4)25-19(28)15(23)10-33)20(29)24-16(22(31)32)9-13-5-7-14(27)8-6-13/h5-8,11-12,15-18,27,33H,9-10,23H2,1-4H3,(H,24,29)(H,25,28)(H,26,30)(H,31,32). The molecule has 0 aliphatic heterocycles. The van der Waals surface area contributed by atoms with Crippen molar-refractivity contribution in [2.75, 3.05) is 5.75 Å². The molecule has 3 amide bonds. The summed E-state index contributed by atoms with van der Waals surface area (Å²) in [6.07, 6.45) is -0.00753. The number of hydrogen-bond donors (Lipinski definition) is 7. The molecule has 1 aromatic rings. The van der Waals surface area contributed by atoms with Crippen LogP contribution in [0, 0.1) is 11.8 Å². The summed E-state index contributed by atoms with van der Waals surface area (Å²) in [7, 11) is 0. The molecular formula is C22H34N4O6S. The Balaban J connectivity index is 2.94. The molecule has 7 N–H and O–H groups in total. The Morgan fingerprint density at radius 2 is 1.33 bits per heavy atom. The van der Waals surface area contributed by atoms with Crippen molar-refractivity contribution in [2.24, 2.45) is 17.6 Å². The molecule has 4 unspecified atom stereocenters. The third kappa shape index (κ3) is 8.93. The van der Waals surface area contributed by atoms with E-state index in [1.165, 1.54) is 12.1 Å². The number of aromatic hydroxyl groups is 1. The fourth-order valence-electron chi connectivity index (χ4n) is 2.99. The zero-order chi connectivity index (χ0) is 25.3. The van der Waals surface area contributed by atoms with Gasteiger partial charge in [0, 0.05) is 12.2 Å². The van der Waals surface area contributed by atoms with Gasteiger partial charge in [-0.1, -0.05) is 39.8 Å². The predicted octanol–water partition coefficient (Wildman–Crippen LogP) is 0.0428. The highest BCUT2D eigenvalue weighted by atomic mass is 32.1.